The first kappa shape index (κ1) is 17.9. The van der Waals surface area contributed by atoms with Crippen LogP contribution in [0.1, 0.15) is 16.8 Å². The zero-order chi connectivity index (χ0) is 18.4. The quantitative estimate of drug-likeness (QED) is 0.486. The van der Waals surface area contributed by atoms with E-state index in [1.807, 2.05) is 30.5 Å². The lowest BCUT2D eigenvalue weighted by molar-refractivity contribution is 0.284. The third-order valence-electron chi connectivity index (χ3n) is 3.49. The lowest BCUT2D eigenvalue weighted by Crippen LogP contribution is -1.99. The van der Waals surface area contributed by atoms with Gasteiger partial charge in [0, 0.05) is 5.38 Å². The molecule has 3 aromatic rings. The Morgan fingerprint density at radius 1 is 1.19 bits per heavy atom. The molecule has 0 radical (unpaired) electrons. The van der Waals surface area contributed by atoms with Gasteiger partial charge in [0.15, 0.2) is 11.5 Å². The summed E-state index contributed by atoms with van der Waals surface area (Å²) in [6.45, 7) is 2.24. The van der Waals surface area contributed by atoms with Crippen molar-refractivity contribution in [2.75, 3.05) is 12.5 Å². The molecule has 0 aliphatic carbocycles. The molecule has 1 aromatic heterocycles. The van der Waals surface area contributed by atoms with Gasteiger partial charge in [-0.1, -0.05) is 12.1 Å². The average Bonchev–Trinajstić information content (AvgIpc) is 3.06. The molecule has 0 amide bonds. The number of methoxy groups -OCH3 is 1. The maximum Gasteiger partial charge on any atom is 0.203 e. The number of anilines is 1. The summed E-state index contributed by atoms with van der Waals surface area (Å²) in [6, 6.07) is 11.7. The minimum Gasteiger partial charge on any atom is -0.493 e. The third kappa shape index (κ3) is 4.80. The van der Waals surface area contributed by atoms with Gasteiger partial charge in [-0.2, -0.15) is 5.10 Å². The lowest BCUT2D eigenvalue weighted by atomic mass is 10.2. The lowest BCUT2D eigenvalue weighted by Gasteiger charge is -2.11. The predicted molar refractivity (Wildman–Crippen MR) is 102 cm³/mol. The van der Waals surface area contributed by atoms with Crippen molar-refractivity contribution in [2.45, 2.75) is 13.5 Å². The largest absolute Gasteiger partial charge is 0.493 e. The van der Waals surface area contributed by atoms with Crippen molar-refractivity contribution < 1.29 is 13.9 Å². The van der Waals surface area contributed by atoms with Gasteiger partial charge in [-0.3, -0.25) is 5.43 Å². The first-order valence-corrected chi connectivity index (χ1v) is 8.78. The van der Waals surface area contributed by atoms with Crippen LogP contribution in [0.25, 0.3) is 0 Å². The zero-order valence-corrected chi connectivity index (χ0v) is 15.2. The standard InChI is InChI=1S/C19H18FN3O2S/c1-13-12-26-19(22-13)23-21-10-15-5-8-17(24-2)18(9-15)25-11-14-3-6-16(20)7-4-14/h3-10,12H,11H2,1-2H3,(H,22,23). The predicted octanol–water partition coefficient (Wildman–Crippen LogP) is 4.62. The molecule has 5 nitrogen and oxygen atoms in total. The van der Waals surface area contributed by atoms with Crippen LogP contribution in [0.5, 0.6) is 11.5 Å². The molecule has 0 unspecified atom stereocenters. The van der Waals surface area contributed by atoms with Crippen LogP contribution in [0.15, 0.2) is 52.9 Å². The number of aromatic nitrogens is 1. The van der Waals surface area contributed by atoms with E-state index >= 15 is 0 Å². The van der Waals surface area contributed by atoms with Crippen molar-refractivity contribution in [1.82, 2.24) is 4.98 Å². The van der Waals surface area contributed by atoms with Crippen molar-refractivity contribution in [3.8, 4) is 11.5 Å². The molecule has 0 aliphatic rings. The second-order valence-electron chi connectivity index (χ2n) is 5.49. The highest BCUT2D eigenvalue weighted by Crippen LogP contribution is 2.28. The summed E-state index contributed by atoms with van der Waals surface area (Å²) >= 11 is 1.49. The molecule has 0 spiro atoms. The summed E-state index contributed by atoms with van der Waals surface area (Å²) in [7, 11) is 1.58. The minimum atomic E-state index is -0.271. The first-order chi connectivity index (χ1) is 12.6. The number of thiazole rings is 1. The Bertz CT molecular complexity index is 894. The molecular formula is C19H18FN3O2S. The van der Waals surface area contributed by atoms with Gasteiger partial charge < -0.3 is 9.47 Å². The number of nitrogens with one attached hydrogen (secondary N) is 1. The third-order valence-corrected chi connectivity index (χ3v) is 4.35. The van der Waals surface area contributed by atoms with Crippen molar-refractivity contribution in [3.63, 3.8) is 0 Å². The number of hydrogen-bond acceptors (Lipinski definition) is 6. The number of rotatable bonds is 7. The fraction of sp³-hybridized carbons (Fsp3) is 0.158. The normalized spacial score (nSPS) is 10.9. The second-order valence-corrected chi connectivity index (χ2v) is 6.35. The summed E-state index contributed by atoms with van der Waals surface area (Å²) in [5.74, 6) is 0.936. The fourth-order valence-electron chi connectivity index (χ4n) is 2.20. The van der Waals surface area contributed by atoms with Crippen molar-refractivity contribution in [2.24, 2.45) is 5.10 Å². The highest BCUT2D eigenvalue weighted by atomic mass is 32.1. The van der Waals surface area contributed by atoms with Crippen LogP contribution < -0.4 is 14.9 Å². The Morgan fingerprint density at radius 3 is 2.69 bits per heavy atom. The SMILES string of the molecule is COc1ccc(C=NNc2nc(C)cs2)cc1OCc1ccc(F)cc1. The zero-order valence-electron chi connectivity index (χ0n) is 14.4. The summed E-state index contributed by atoms with van der Waals surface area (Å²) in [6.07, 6.45) is 1.68. The summed E-state index contributed by atoms with van der Waals surface area (Å²) < 4.78 is 24.1. The topological polar surface area (TPSA) is 55.7 Å². The Hall–Kier alpha value is -2.93. The van der Waals surface area contributed by atoms with Gasteiger partial charge in [0.25, 0.3) is 0 Å². The maximum atomic E-state index is 13.0. The molecule has 0 bridgehead atoms. The molecule has 0 fully saturated rings. The van der Waals surface area contributed by atoms with Gasteiger partial charge in [-0.05, 0) is 48.4 Å². The van der Waals surface area contributed by atoms with E-state index in [9.17, 15) is 4.39 Å². The minimum absolute atomic E-state index is 0.271. The first-order valence-electron chi connectivity index (χ1n) is 7.90. The van der Waals surface area contributed by atoms with Crippen LogP contribution in [0.3, 0.4) is 0 Å². The van der Waals surface area contributed by atoms with Crippen molar-refractivity contribution >= 4 is 22.7 Å². The number of benzene rings is 2. The van der Waals surface area contributed by atoms with E-state index in [4.69, 9.17) is 9.47 Å². The average molecular weight is 371 g/mol. The molecule has 26 heavy (non-hydrogen) atoms. The molecule has 134 valence electrons. The molecule has 0 aliphatic heterocycles. The number of halogens is 1. The summed E-state index contributed by atoms with van der Waals surface area (Å²) in [5.41, 5.74) is 5.56. The summed E-state index contributed by atoms with van der Waals surface area (Å²) in [5, 5.41) is 6.87. The van der Waals surface area contributed by atoms with E-state index in [0.29, 0.717) is 18.1 Å². The van der Waals surface area contributed by atoms with Crippen LogP contribution in [-0.2, 0) is 6.61 Å². The van der Waals surface area contributed by atoms with Crippen LogP contribution in [0.4, 0.5) is 9.52 Å². The molecule has 2 aromatic carbocycles. The van der Waals surface area contributed by atoms with Gasteiger partial charge in [0.05, 0.1) is 19.0 Å². The Morgan fingerprint density at radius 2 is 2.00 bits per heavy atom. The van der Waals surface area contributed by atoms with Gasteiger partial charge in [-0.25, -0.2) is 9.37 Å². The molecule has 0 saturated carbocycles. The van der Waals surface area contributed by atoms with Crippen molar-refractivity contribution in [1.29, 1.82) is 0 Å². The Labute approximate surface area is 155 Å². The number of aryl methyl sites for hydroxylation is 1. The van der Waals surface area contributed by atoms with E-state index in [1.165, 1.54) is 23.5 Å². The van der Waals surface area contributed by atoms with Crippen LogP contribution in [0, 0.1) is 12.7 Å². The molecular weight excluding hydrogens is 353 g/mol. The van der Waals surface area contributed by atoms with Gasteiger partial charge in [0.1, 0.15) is 12.4 Å². The van der Waals surface area contributed by atoms with Crippen LogP contribution >= 0.6 is 11.3 Å². The Balaban J connectivity index is 1.68. The second kappa shape index (κ2) is 8.44. The highest BCUT2D eigenvalue weighted by Gasteiger charge is 2.06. The van der Waals surface area contributed by atoms with E-state index in [0.717, 1.165) is 22.0 Å². The fourth-order valence-corrected chi connectivity index (χ4v) is 2.83. The van der Waals surface area contributed by atoms with Crippen molar-refractivity contribution in [3.05, 3.63) is 70.5 Å². The van der Waals surface area contributed by atoms with Gasteiger partial charge in [-0.15, -0.1) is 11.3 Å². The molecule has 1 heterocycles. The van der Waals surface area contributed by atoms with E-state index in [-0.39, 0.29) is 5.82 Å². The van der Waals surface area contributed by atoms with Crippen LogP contribution in [-0.4, -0.2) is 18.3 Å². The van der Waals surface area contributed by atoms with Crippen LogP contribution in [0.2, 0.25) is 0 Å². The monoisotopic (exact) mass is 371 g/mol. The van der Waals surface area contributed by atoms with E-state index in [2.05, 4.69) is 15.5 Å². The molecule has 1 N–H and O–H groups in total. The number of nitrogens with zero attached hydrogens (tertiary/aromatic N) is 2. The molecule has 0 saturated heterocycles. The molecule has 0 atom stereocenters. The smallest absolute Gasteiger partial charge is 0.203 e. The number of ether oxygens (including phenoxy) is 2. The van der Waals surface area contributed by atoms with E-state index in [1.54, 1.807) is 25.5 Å². The van der Waals surface area contributed by atoms with Gasteiger partial charge >= 0.3 is 0 Å². The summed E-state index contributed by atoms with van der Waals surface area (Å²) in [4.78, 5) is 4.28. The highest BCUT2D eigenvalue weighted by molar-refractivity contribution is 7.13. The van der Waals surface area contributed by atoms with Gasteiger partial charge in [0.2, 0.25) is 5.13 Å². The van der Waals surface area contributed by atoms with E-state index < -0.39 is 0 Å². The number of hydrogen-bond donors (Lipinski definition) is 1. The Kier molecular flexibility index (Phi) is 5.80. The molecule has 3 rings (SSSR count). The number of hydrazone groups is 1. The molecule has 7 heteroatoms. The maximum absolute atomic E-state index is 13.0.